The molecule has 0 radical (unpaired) electrons. The van der Waals surface area contributed by atoms with E-state index < -0.39 is 0 Å². The Bertz CT molecular complexity index is 1440. The zero-order valence-corrected chi connectivity index (χ0v) is 24.9. The Labute approximate surface area is 251 Å². The number of carbonyl (C=O) groups is 3. The molecule has 1 heterocycles. The van der Waals surface area contributed by atoms with Crippen molar-refractivity contribution in [2.45, 2.75) is 18.9 Å². The van der Waals surface area contributed by atoms with Crippen LogP contribution in [0.25, 0.3) is 16.3 Å². The first-order chi connectivity index (χ1) is 20.3. The van der Waals surface area contributed by atoms with Crippen molar-refractivity contribution in [1.82, 2.24) is 10.3 Å². The fourth-order valence-corrected chi connectivity index (χ4v) is 4.37. The van der Waals surface area contributed by atoms with E-state index in [0.717, 1.165) is 47.0 Å². The van der Waals surface area contributed by atoms with E-state index in [-0.39, 0.29) is 6.04 Å². The molecule has 1 aliphatic heterocycles. The summed E-state index contributed by atoms with van der Waals surface area (Å²) in [7, 11) is 7.00. The molecule has 4 rings (SSSR count). The molecule has 0 bridgehead atoms. The highest BCUT2D eigenvalue weighted by Crippen LogP contribution is 2.33. The average Bonchev–Trinajstić information content (AvgIpc) is 3.35. The summed E-state index contributed by atoms with van der Waals surface area (Å²) in [5.74, 6) is 5.22. The number of likely N-dealkylation sites (tertiary alicyclic amines) is 1. The molecule has 1 unspecified atom stereocenters. The van der Waals surface area contributed by atoms with Gasteiger partial charge in [-0.2, -0.15) is 0 Å². The number of nitrogens with one attached hydrogen (secondary N) is 3. The molecule has 1 atom stereocenters. The maximum absolute atomic E-state index is 11.1. The number of aldehydes is 2. The van der Waals surface area contributed by atoms with E-state index in [1.54, 1.807) is 32.4 Å². The minimum Gasteiger partial charge on any atom is -0.388 e. The zero-order chi connectivity index (χ0) is 30.9. The van der Waals surface area contributed by atoms with Gasteiger partial charge >= 0.3 is 0 Å². The van der Waals surface area contributed by atoms with Crippen molar-refractivity contribution in [3.63, 3.8) is 0 Å². The molecule has 222 valence electrons. The Balaban J connectivity index is 0.000000291. The highest BCUT2D eigenvalue weighted by Gasteiger charge is 2.24. The van der Waals surface area contributed by atoms with E-state index in [2.05, 4.69) is 25.8 Å². The van der Waals surface area contributed by atoms with Crippen molar-refractivity contribution in [2.75, 3.05) is 38.9 Å². The number of ether oxygens (including phenoxy) is 1. The van der Waals surface area contributed by atoms with Crippen LogP contribution in [0.2, 0.25) is 5.02 Å². The number of nitrogens with two attached hydrogens (primary N) is 1. The molecule has 1 amide bonds. The summed E-state index contributed by atoms with van der Waals surface area (Å²) in [4.78, 5) is 38.6. The molecule has 0 aliphatic carbocycles. The molecule has 1 fully saturated rings. The molecule has 0 spiro atoms. The summed E-state index contributed by atoms with van der Waals surface area (Å²) in [5, 5.41) is 8.51. The van der Waals surface area contributed by atoms with Gasteiger partial charge in [0, 0.05) is 56.0 Å². The molecule has 42 heavy (non-hydrogen) atoms. The largest absolute Gasteiger partial charge is 0.388 e. The molecule has 0 aromatic heterocycles. The Morgan fingerprint density at radius 1 is 1.05 bits per heavy atom. The number of likely N-dealkylation sites (N-methyl/N-ethyl adjacent to an activating group) is 1. The number of hydrogen-bond acceptors (Lipinski definition) is 8. The van der Waals surface area contributed by atoms with Crippen LogP contribution >= 0.6 is 11.6 Å². The number of allylic oxidation sites excluding steroid dienone is 4. The fourth-order valence-electron chi connectivity index (χ4n) is 4.20. The molecule has 0 saturated carbocycles. The van der Waals surface area contributed by atoms with Gasteiger partial charge in [0.2, 0.25) is 6.41 Å². The van der Waals surface area contributed by atoms with Gasteiger partial charge in [0.1, 0.15) is 18.9 Å². The maximum Gasteiger partial charge on any atom is 0.211 e. The van der Waals surface area contributed by atoms with E-state index >= 15 is 0 Å². The summed E-state index contributed by atoms with van der Waals surface area (Å²) in [6, 6.07) is 17.0. The summed E-state index contributed by atoms with van der Waals surface area (Å²) in [6.45, 7) is 0. The summed E-state index contributed by atoms with van der Waals surface area (Å²) >= 11 is 6.10. The lowest BCUT2D eigenvalue weighted by molar-refractivity contribution is -0.111. The third-order valence-electron chi connectivity index (χ3n) is 6.28. The Morgan fingerprint density at radius 3 is 2.33 bits per heavy atom. The summed E-state index contributed by atoms with van der Waals surface area (Å²) in [5.41, 5.74) is 7.19. The summed E-state index contributed by atoms with van der Waals surface area (Å²) < 4.78 is 4.25. The minimum atomic E-state index is -0.132. The van der Waals surface area contributed by atoms with Crippen LogP contribution in [-0.2, 0) is 19.1 Å². The van der Waals surface area contributed by atoms with Gasteiger partial charge in [0.25, 0.3) is 0 Å². The molecule has 1 aliphatic rings. The van der Waals surface area contributed by atoms with Gasteiger partial charge in [0.15, 0.2) is 0 Å². The summed E-state index contributed by atoms with van der Waals surface area (Å²) in [6.07, 6.45) is 8.55. The zero-order valence-electron chi connectivity index (χ0n) is 24.1. The number of carbonyl (C=O) groups excluding carboxylic acids is 3. The second kappa shape index (κ2) is 18.0. The molecular weight excluding hydrogens is 556 g/mol. The monoisotopic (exact) mass is 592 g/mol. The van der Waals surface area contributed by atoms with Crippen LogP contribution in [0.3, 0.4) is 0 Å². The number of benzene rings is 3. The number of aliphatic imine (C=N–C) groups is 1. The lowest BCUT2D eigenvalue weighted by Gasteiger charge is -2.18. The quantitative estimate of drug-likeness (QED) is 0.0685. The van der Waals surface area contributed by atoms with E-state index in [1.807, 2.05) is 61.5 Å². The van der Waals surface area contributed by atoms with Gasteiger partial charge < -0.3 is 30.5 Å². The smallest absolute Gasteiger partial charge is 0.211 e. The normalized spacial score (nSPS) is 15.4. The number of hydrazine groups is 1. The number of rotatable bonds is 9. The van der Waals surface area contributed by atoms with Crippen LogP contribution in [0.4, 0.5) is 17.1 Å². The average molecular weight is 593 g/mol. The van der Waals surface area contributed by atoms with Crippen LogP contribution in [0.15, 0.2) is 77.4 Å². The Hall–Kier alpha value is -4.51. The number of methoxy groups -OCH3 is 1. The van der Waals surface area contributed by atoms with E-state index in [9.17, 15) is 14.4 Å². The highest BCUT2D eigenvalue weighted by molar-refractivity contribution is 6.31. The lowest BCUT2D eigenvalue weighted by Crippen LogP contribution is -2.24. The number of nitrogens with zero attached hydrogens (tertiary/aromatic N) is 2. The molecule has 3 aromatic carbocycles. The van der Waals surface area contributed by atoms with Crippen LogP contribution in [0, 0.1) is 0 Å². The van der Waals surface area contributed by atoms with Crippen molar-refractivity contribution >= 4 is 70.3 Å². The maximum atomic E-state index is 11.1. The number of fused-ring (bicyclic) bond motifs is 1. The van der Waals surface area contributed by atoms with Crippen LogP contribution < -0.4 is 21.9 Å². The molecule has 10 nitrogen and oxygen atoms in total. The second-order valence-corrected chi connectivity index (χ2v) is 9.47. The van der Waals surface area contributed by atoms with E-state index in [1.165, 1.54) is 12.4 Å². The Kier molecular flexibility index (Phi) is 14.5. The standard InChI is InChI=1S/C17H19ClN4O2.C12H12N2O.C2H6O/c1-22-14(3-4-15(22)10-24)8-12(6-7-23)16-9-13(18)2-5-17(16)20-11-21-19;1-13-11-4-2-9-3-5-12(14-8-15)7-10(9)6-11;1-3-2/h2,5-11,15H,3-4,19H2,1H3,(H,20,21);2-8,13H,1H3,(H,14,15);1-2H3/b12-6+,14-8-;;. The van der Waals surface area contributed by atoms with Crippen molar-refractivity contribution in [3.05, 3.63) is 83.0 Å². The first kappa shape index (κ1) is 33.7. The van der Waals surface area contributed by atoms with Crippen molar-refractivity contribution < 1.29 is 19.1 Å². The van der Waals surface area contributed by atoms with Crippen LogP contribution in [0.5, 0.6) is 0 Å². The van der Waals surface area contributed by atoms with Crippen LogP contribution in [-0.4, -0.2) is 64.6 Å². The molecule has 3 aromatic rings. The number of halogens is 1. The minimum absolute atomic E-state index is 0.132. The second-order valence-electron chi connectivity index (χ2n) is 9.03. The van der Waals surface area contributed by atoms with Gasteiger partial charge in [-0.3, -0.25) is 9.59 Å². The molecule has 1 saturated heterocycles. The van der Waals surface area contributed by atoms with E-state index in [4.69, 9.17) is 17.4 Å². The molecule has 5 N–H and O–H groups in total. The highest BCUT2D eigenvalue weighted by atomic mass is 35.5. The molecular formula is C31H37ClN6O4. The SMILES string of the molecule is CN1/C(=C\C(=C/C=O)c2cc(Cl)ccc2N=CNN)CCC1C=O.CNc1ccc2ccc(NC=O)cc2c1.COC. The van der Waals surface area contributed by atoms with E-state index in [0.29, 0.717) is 34.5 Å². The lowest BCUT2D eigenvalue weighted by atomic mass is 10.0. The van der Waals surface area contributed by atoms with Gasteiger partial charge in [-0.25, -0.2) is 10.8 Å². The van der Waals surface area contributed by atoms with Gasteiger partial charge in [-0.1, -0.05) is 23.7 Å². The first-order valence-corrected chi connectivity index (χ1v) is 13.4. The van der Waals surface area contributed by atoms with Crippen molar-refractivity contribution in [2.24, 2.45) is 10.8 Å². The Morgan fingerprint density at radius 2 is 1.74 bits per heavy atom. The molecule has 11 heteroatoms. The number of anilines is 2. The predicted molar refractivity (Wildman–Crippen MR) is 172 cm³/mol. The fraction of sp³-hybridized carbons (Fsp3) is 0.226. The third kappa shape index (κ3) is 9.84. The van der Waals surface area contributed by atoms with Crippen LogP contribution in [0.1, 0.15) is 18.4 Å². The number of hydrogen-bond donors (Lipinski definition) is 4. The first-order valence-electron chi connectivity index (χ1n) is 13.0. The third-order valence-corrected chi connectivity index (χ3v) is 6.51. The number of amides is 1. The van der Waals surface area contributed by atoms with Crippen molar-refractivity contribution in [3.8, 4) is 0 Å². The van der Waals surface area contributed by atoms with Crippen molar-refractivity contribution in [1.29, 1.82) is 0 Å². The van der Waals surface area contributed by atoms with Gasteiger partial charge in [-0.15, -0.1) is 0 Å². The predicted octanol–water partition coefficient (Wildman–Crippen LogP) is 4.93. The van der Waals surface area contributed by atoms with Gasteiger partial charge in [-0.05, 0) is 83.8 Å². The topological polar surface area (TPSA) is 138 Å². The van der Waals surface area contributed by atoms with Gasteiger partial charge in [0.05, 0.1) is 11.7 Å².